The van der Waals surface area contributed by atoms with Crippen LogP contribution in [0.25, 0.3) is 10.2 Å². The molecule has 3 aromatic heterocycles. The minimum atomic E-state index is -4.22. The molecule has 4 rings (SSSR count). The topological polar surface area (TPSA) is 54.2 Å². The summed E-state index contributed by atoms with van der Waals surface area (Å²) in [5.74, 6) is 1.57. The molecular formula is C18H19F3N4OS. The number of aromatic nitrogens is 2. The Morgan fingerprint density at radius 2 is 2.07 bits per heavy atom. The van der Waals surface area contributed by atoms with Crippen LogP contribution in [0.2, 0.25) is 0 Å². The minimum Gasteiger partial charge on any atom is -0.468 e. The van der Waals surface area contributed by atoms with Gasteiger partial charge in [0.15, 0.2) is 0 Å². The van der Waals surface area contributed by atoms with Crippen molar-refractivity contribution in [3.63, 3.8) is 0 Å². The van der Waals surface area contributed by atoms with E-state index < -0.39 is 12.6 Å². The predicted molar refractivity (Wildman–Crippen MR) is 97.8 cm³/mol. The first-order chi connectivity index (χ1) is 13.0. The van der Waals surface area contributed by atoms with Crippen molar-refractivity contribution in [2.24, 2.45) is 0 Å². The lowest BCUT2D eigenvalue weighted by atomic mass is 10.0. The first kappa shape index (κ1) is 18.2. The van der Waals surface area contributed by atoms with E-state index in [1.807, 2.05) is 12.1 Å². The molecule has 3 aromatic rings. The zero-order chi connectivity index (χ0) is 18.9. The summed E-state index contributed by atoms with van der Waals surface area (Å²) in [6.07, 6.45) is -0.193. The Kier molecular flexibility index (Phi) is 5.05. The van der Waals surface area contributed by atoms with Crippen LogP contribution >= 0.6 is 11.3 Å². The number of thiophene rings is 1. The maximum atomic E-state index is 12.7. The Morgan fingerprint density at radius 3 is 2.78 bits per heavy atom. The van der Waals surface area contributed by atoms with Gasteiger partial charge in [0, 0.05) is 24.0 Å². The molecule has 0 atom stereocenters. The van der Waals surface area contributed by atoms with Crippen LogP contribution in [0, 0.1) is 0 Å². The number of rotatable bonds is 5. The highest BCUT2D eigenvalue weighted by Crippen LogP contribution is 2.33. The first-order valence-electron chi connectivity index (χ1n) is 8.78. The first-order valence-corrected chi connectivity index (χ1v) is 9.59. The van der Waals surface area contributed by atoms with Crippen molar-refractivity contribution in [2.45, 2.75) is 38.0 Å². The molecular weight excluding hydrogens is 377 g/mol. The number of likely N-dealkylation sites (tertiary alicyclic amines) is 1. The fourth-order valence-electron chi connectivity index (χ4n) is 3.36. The number of nitrogens with one attached hydrogen (secondary N) is 1. The molecule has 0 spiro atoms. The third kappa shape index (κ3) is 4.59. The van der Waals surface area contributed by atoms with E-state index in [0.717, 1.165) is 49.6 Å². The van der Waals surface area contributed by atoms with Crippen LogP contribution in [0.5, 0.6) is 0 Å². The molecule has 9 heteroatoms. The average Bonchev–Trinajstić information content (AvgIpc) is 3.25. The summed E-state index contributed by atoms with van der Waals surface area (Å²) in [5.41, 5.74) is 0. The Labute approximate surface area is 158 Å². The third-order valence-corrected chi connectivity index (χ3v) is 5.69. The van der Waals surface area contributed by atoms with Gasteiger partial charge in [-0.3, -0.25) is 4.90 Å². The molecule has 4 heterocycles. The lowest BCUT2D eigenvalue weighted by Gasteiger charge is -2.32. The van der Waals surface area contributed by atoms with Gasteiger partial charge in [-0.25, -0.2) is 9.97 Å². The molecule has 1 aliphatic rings. The minimum absolute atomic E-state index is 0.238. The number of fused-ring (bicyclic) bond motifs is 1. The number of halogens is 3. The smallest absolute Gasteiger partial charge is 0.393 e. The van der Waals surface area contributed by atoms with Gasteiger partial charge in [0.1, 0.15) is 22.7 Å². The van der Waals surface area contributed by atoms with E-state index in [1.54, 1.807) is 12.3 Å². The van der Waals surface area contributed by atoms with Crippen molar-refractivity contribution >= 4 is 27.4 Å². The van der Waals surface area contributed by atoms with Gasteiger partial charge in [-0.1, -0.05) is 0 Å². The van der Waals surface area contributed by atoms with Crippen LogP contribution in [0.4, 0.5) is 19.0 Å². The van der Waals surface area contributed by atoms with Crippen molar-refractivity contribution < 1.29 is 17.6 Å². The number of alkyl halides is 3. The predicted octanol–water partition coefficient (Wildman–Crippen LogP) is 4.47. The van der Waals surface area contributed by atoms with Crippen LogP contribution < -0.4 is 5.32 Å². The van der Waals surface area contributed by atoms with Crippen LogP contribution in [0.1, 0.15) is 23.5 Å². The summed E-state index contributed by atoms with van der Waals surface area (Å²) < 4.78 is 43.4. The number of nitrogens with zero attached hydrogens (tertiary/aromatic N) is 3. The van der Waals surface area contributed by atoms with Crippen LogP contribution in [-0.4, -0.2) is 40.2 Å². The van der Waals surface area contributed by atoms with Gasteiger partial charge in [-0.15, -0.1) is 11.3 Å². The second-order valence-corrected chi connectivity index (χ2v) is 7.84. The van der Waals surface area contributed by atoms with E-state index in [9.17, 15) is 13.2 Å². The summed E-state index contributed by atoms with van der Waals surface area (Å²) in [7, 11) is 0. The van der Waals surface area contributed by atoms with E-state index >= 15 is 0 Å². The summed E-state index contributed by atoms with van der Waals surface area (Å²) >= 11 is 1.07. The van der Waals surface area contributed by atoms with Gasteiger partial charge in [0.25, 0.3) is 0 Å². The van der Waals surface area contributed by atoms with Crippen molar-refractivity contribution in [3.8, 4) is 0 Å². The normalized spacial score (nSPS) is 16.9. The van der Waals surface area contributed by atoms with Gasteiger partial charge in [0.05, 0.1) is 24.6 Å². The van der Waals surface area contributed by atoms with E-state index in [1.165, 1.54) is 6.33 Å². The zero-order valence-electron chi connectivity index (χ0n) is 14.5. The van der Waals surface area contributed by atoms with Crippen LogP contribution in [0.3, 0.4) is 0 Å². The molecule has 0 amide bonds. The van der Waals surface area contributed by atoms with Crippen molar-refractivity contribution in [1.82, 2.24) is 14.9 Å². The molecule has 144 valence electrons. The van der Waals surface area contributed by atoms with E-state index in [4.69, 9.17) is 4.42 Å². The Balaban J connectivity index is 1.40. The summed E-state index contributed by atoms with van der Waals surface area (Å²) in [6.45, 7) is 2.65. The van der Waals surface area contributed by atoms with E-state index in [2.05, 4.69) is 20.2 Å². The number of furan rings is 1. The maximum Gasteiger partial charge on any atom is 0.393 e. The van der Waals surface area contributed by atoms with E-state index in [0.29, 0.717) is 16.0 Å². The lowest BCUT2D eigenvalue weighted by Crippen LogP contribution is -2.38. The number of hydrogen-bond donors (Lipinski definition) is 1. The van der Waals surface area contributed by atoms with Gasteiger partial charge in [0.2, 0.25) is 0 Å². The fourth-order valence-corrected chi connectivity index (χ4v) is 4.38. The lowest BCUT2D eigenvalue weighted by molar-refractivity contribution is -0.126. The molecule has 0 bridgehead atoms. The highest BCUT2D eigenvalue weighted by molar-refractivity contribution is 7.18. The second kappa shape index (κ2) is 7.47. The number of hydrogen-bond acceptors (Lipinski definition) is 6. The molecule has 0 radical (unpaired) electrons. The molecule has 1 N–H and O–H groups in total. The summed E-state index contributed by atoms with van der Waals surface area (Å²) in [4.78, 5) is 11.6. The van der Waals surface area contributed by atoms with Gasteiger partial charge in [-0.2, -0.15) is 13.2 Å². The Morgan fingerprint density at radius 1 is 1.26 bits per heavy atom. The Bertz CT molecular complexity index is 886. The summed E-state index contributed by atoms with van der Waals surface area (Å²) in [6, 6.07) is 5.65. The molecule has 0 saturated carbocycles. The standard InChI is InChI=1S/C18H19F3N4OS/c19-18(20,21)9-14-8-15-16(22-11-23-17(15)27-14)24-12-3-5-25(6-4-12)10-13-2-1-7-26-13/h1-2,7-8,11-12H,3-6,9-10H2,(H,22,23,24). The largest absolute Gasteiger partial charge is 0.468 e. The van der Waals surface area contributed by atoms with Crippen molar-refractivity contribution in [1.29, 1.82) is 0 Å². The molecule has 5 nitrogen and oxygen atoms in total. The second-order valence-electron chi connectivity index (χ2n) is 6.72. The van der Waals surface area contributed by atoms with Crippen molar-refractivity contribution in [3.05, 3.63) is 41.4 Å². The number of piperidine rings is 1. The maximum absolute atomic E-state index is 12.7. The molecule has 1 fully saturated rings. The van der Waals surface area contributed by atoms with E-state index in [-0.39, 0.29) is 10.9 Å². The summed E-state index contributed by atoms with van der Waals surface area (Å²) in [5, 5.41) is 4.07. The molecule has 27 heavy (non-hydrogen) atoms. The third-order valence-electron chi connectivity index (χ3n) is 4.64. The highest BCUT2D eigenvalue weighted by atomic mass is 32.1. The average molecular weight is 396 g/mol. The number of anilines is 1. The highest BCUT2D eigenvalue weighted by Gasteiger charge is 2.29. The van der Waals surface area contributed by atoms with Gasteiger partial charge in [-0.05, 0) is 31.0 Å². The molecule has 0 aromatic carbocycles. The molecule has 0 unspecified atom stereocenters. The van der Waals surface area contributed by atoms with Gasteiger partial charge < -0.3 is 9.73 Å². The Hall–Kier alpha value is -2.13. The molecule has 0 aliphatic carbocycles. The SMILES string of the molecule is FC(F)(F)Cc1cc2c(NC3CCN(Cc4ccco4)CC3)ncnc2s1. The van der Waals surface area contributed by atoms with Gasteiger partial charge >= 0.3 is 6.18 Å². The van der Waals surface area contributed by atoms with Crippen LogP contribution in [0.15, 0.2) is 35.2 Å². The fraction of sp³-hybridized carbons (Fsp3) is 0.444. The quantitative estimate of drug-likeness (QED) is 0.690. The molecule has 1 saturated heterocycles. The van der Waals surface area contributed by atoms with Crippen molar-refractivity contribution in [2.75, 3.05) is 18.4 Å². The monoisotopic (exact) mass is 396 g/mol. The zero-order valence-corrected chi connectivity index (χ0v) is 15.3. The molecule has 1 aliphatic heterocycles. The van der Waals surface area contributed by atoms with Crippen LogP contribution in [-0.2, 0) is 13.0 Å².